The van der Waals surface area contributed by atoms with Crippen LogP contribution in [0.2, 0.25) is 0 Å². The molecular formula is C25H30N4O5. The van der Waals surface area contributed by atoms with Gasteiger partial charge in [-0.3, -0.25) is 14.5 Å². The molecule has 4 amide bonds. The molecule has 9 nitrogen and oxygen atoms in total. The van der Waals surface area contributed by atoms with E-state index in [-0.39, 0.29) is 24.9 Å². The zero-order valence-electron chi connectivity index (χ0n) is 19.5. The minimum atomic E-state index is -0.865. The molecule has 0 radical (unpaired) electrons. The van der Waals surface area contributed by atoms with Crippen LogP contribution in [0.5, 0.6) is 17.4 Å². The quantitative estimate of drug-likeness (QED) is 0.577. The summed E-state index contributed by atoms with van der Waals surface area (Å²) in [6.07, 6.45) is 5.04. The zero-order valence-corrected chi connectivity index (χ0v) is 19.5. The highest BCUT2D eigenvalue weighted by atomic mass is 16.5. The SMILES string of the molecule is CCOc1ccccc1Oc1ccc(CNC(=O)CN2C(=O)NC3(CCCCC3C)C2=O)cn1. The first kappa shape index (κ1) is 23.5. The van der Waals surface area contributed by atoms with Crippen molar-refractivity contribution in [2.24, 2.45) is 5.92 Å². The van der Waals surface area contributed by atoms with E-state index in [4.69, 9.17) is 9.47 Å². The van der Waals surface area contributed by atoms with Crippen molar-refractivity contribution in [3.63, 3.8) is 0 Å². The van der Waals surface area contributed by atoms with E-state index in [0.717, 1.165) is 29.7 Å². The van der Waals surface area contributed by atoms with Crippen molar-refractivity contribution in [3.8, 4) is 17.4 Å². The van der Waals surface area contributed by atoms with Crippen LogP contribution < -0.4 is 20.1 Å². The number of benzene rings is 1. The highest BCUT2D eigenvalue weighted by molar-refractivity contribution is 6.09. The highest BCUT2D eigenvalue weighted by Gasteiger charge is 2.55. The Kier molecular flexibility index (Phi) is 7.00. The Hall–Kier alpha value is -3.62. The maximum atomic E-state index is 13.0. The summed E-state index contributed by atoms with van der Waals surface area (Å²) >= 11 is 0. The minimum absolute atomic E-state index is 0.0538. The van der Waals surface area contributed by atoms with E-state index in [1.54, 1.807) is 24.4 Å². The fraction of sp³-hybridized carbons (Fsp3) is 0.440. The third-order valence-electron chi connectivity index (χ3n) is 6.45. The van der Waals surface area contributed by atoms with Crippen LogP contribution in [0.15, 0.2) is 42.6 Å². The van der Waals surface area contributed by atoms with Crippen molar-refractivity contribution in [2.75, 3.05) is 13.2 Å². The van der Waals surface area contributed by atoms with Gasteiger partial charge in [-0.25, -0.2) is 9.78 Å². The molecule has 1 saturated heterocycles. The molecule has 9 heteroatoms. The van der Waals surface area contributed by atoms with Crippen LogP contribution in [0.25, 0.3) is 0 Å². The van der Waals surface area contributed by atoms with Crippen molar-refractivity contribution < 1.29 is 23.9 Å². The lowest BCUT2D eigenvalue weighted by Crippen LogP contribution is -2.54. The Balaban J connectivity index is 1.31. The molecule has 2 fully saturated rings. The Morgan fingerprint density at radius 2 is 2.00 bits per heavy atom. The molecule has 1 aromatic carbocycles. The first-order valence-electron chi connectivity index (χ1n) is 11.7. The number of para-hydroxylation sites is 2. The second-order valence-electron chi connectivity index (χ2n) is 8.70. The Morgan fingerprint density at radius 1 is 1.21 bits per heavy atom. The summed E-state index contributed by atoms with van der Waals surface area (Å²) in [5.74, 6) is 0.946. The van der Waals surface area contributed by atoms with Gasteiger partial charge in [0.05, 0.1) is 6.61 Å². The van der Waals surface area contributed by atoms with E-state index in [1.165, 1.54) is 0 Å². The average Bonchev–Trinajstić information content (AvgIpc) is 3.07. The van der Waals surface area contributed by atoms with E-state index in [9.17, 15) is 14.4 Å². The summed E-state index contributed by atoms with van der Waals surface area (Å²) in [6.45, 7) is 4.32. The summed E-state index contributed by atoms with van der Waals surface area (Å²) in [5, 5.41) is 5.61. The third-order valence-corrected chi connectivity index (χ3v) is 6.45. The van der Waals surface area contributed by atoms with Gasteiger partial charge in [0, 0.05) is 18.8 Å². The molecule has 4 rings (SSSR count). The minimum Gasteiger partial charge on any atom is -0.490 e. The highest BCUT2D eigenvalue weighted by Crippen LogP contribution is 2.38. The Labute approximate surface area is 198 Å². The number of carbonyl (C=O) groups excluding carboxylic acids is 3. The Morgan fingerprint density at radius 3 is 2.71 bits per heavy atom. The number of aromatic nitrogens is 1. The van der Waals surface area contributed by atoms with Gasteiger partial charge < -0.3 is 20.1 Å². The molecule has 1 aliphatic heterocycles. The van der Waals surface area contributed by atoms with Crippen LogP contribution in [-0.4, -0.2) is 46.4 Å². The van der Waals surface area contributed by atoms with Crippen molar-refractivity contribution in [2.45, 2.75) is 51.6 Å². The number of nitrogens with zero attached hydrogens (tertiary/aromatic N) is 2. The lowest BCUT2D eigenvalue weighted by atomic mass is 9.73. The van der Waals surface area contributed by atoms with Crippen molar-refractivity contribution in [1.82, 2.24) is 20.5 Å². The van der Waals surface area contributed by atoms with Crippen molar-refractivity contribution in [1.29, 1.82) is 0 Å². The van der Waals surface area contributed by atoms with Gasteiger partial charge in [-0.05, 0) is 43.4 Å². The smallest absolute Gasteiger partial charge is 0.325 e. The van der Waals surface area contributed by atoms with Gasteiger partial charge in [0.2, 0.25) is 11.8 Å². The molecular weight excluding hydrogens is 436 g/mol. The molecule has 180 valence electrons. The molecule has 0 bridgehead atoms. The van der Waals surface area contributed by atoms with Gasteiger partial charge in [-0.2, -0.15) is 0 Å². The summed E-state index contributed by atoms with van der Waals surface area (Å²) in [4.78, 5) is 43.2. The number of hydrogen-bond donors (Lipinski definition) is 2. The van der Waals surface area contributed by atoms with Crippen LogP contribution in [0.4, 0.5) is 4.79 Å². The second-order valence-corrected chi connectivity index (χ2v) is 8.70. The number of amides is 4. The number of hydrogen-bond acceptors (Lipinski definition) is 6. The largest absolute Gasteiger partial charge is 0.490 e. The van der Waals surface area contributed by atoms with Gasteiger partial charge in [-0.1, -0.05) is 38.0 Å². The fourth-order valence-corrected chi connectivity index (χ4v) is 4.54. The maximum absolute atomic E-state index is 13.0. The molecule has 2 unspecified atom stereocenters. The number of carbonyl (C=O) groups is 3. The normalized spacial score (nSPS) is 21.9. The average molecular weight is 467 g/mol. The third kappa shape index (κ3) is 4.83. The van der Waals surface area contributed by atoms with E-state index < -0.39 is 17.5 Å². The number of rotatable bonds is 8. The summed E-state index contributed by atoms with van der Waals surface area (Å²) in [6, 6.07) is 10.3. The fourth-order valence-electron chi connectivity index (χ4n) is 4.54. The summed E-state index contributed by atoms with van der Waals surface area (Å²) in [5.41, 5.74) is -0.107. The summed E-state index contributed by atoms with van der Waals surface area (Å²) in [7, 11) is 0. The number of urea groups is 1. The zero-order chi connectivity index (χ0) is 24.1. The van der Waals surface area contributed by atoms with E-state index in [2.05, 4.69) is 15.6 Å². The number of imide groups is 1. The van der Waals surface area contributed by atoms with Gasteiger partial charge in [0.1, 0.15) is 12.1 Å². The second kappa shape index (κ2) is 10.1. The maximum Gasteiger partial charge on any atom is 0.325 e. The lowest BCUT2D eigenvalue weighted by Gasteiger charge is -2.36. The lowest BCUT2D eigenvalue weighted by molar-refractivity contribution is -0.137. The topological polar surface area (TPSA) is 110 Å². The van der Waals surface area contributed by atoms with E-state index >= 15 is 0 Å². The first-order chi connectivity index (χ1) is 16.4. The molecule has 2 aliphatic rings. The van der Waals surface area contributed by atoms with Gasteiger partial charge in [0.25, 0.3) is 5.91 Å². The molecule has 2 aromatic rings. The van der Waals surface area contributed by atoms with Crippen LogP contribution in [-0.2, 0) is 16.1 Å². The van der Waals surface area contributed by atoms with Gasteiger partial charge in [-0.15, -0.1) is 0 Å². The van der Waals surface area contributed by atoms with E-state index in [0.29, 0.717) is 30.4 Å². The van der Waals surface area contributed by atoms with Crippen LogP contribution >= 0.6 is 0 Å². The van der Waals surface area contributed by atoms with Gasteiger partial charge >= 0.3 is 6.03 Å². The first-order valence-corrected chi connectivity index (χ1v) is 11.7. The molecule has 2 heterocycles. The predicted molar refractivity (Wildman–Crippen MR) is 124 cm³/mol. The Bertz CT molecular complexity index is 1060. The van der Waals surface area contributed by atoms with Crippen molar-refractivity contribution >= 4 is 17.8 Å². The standard InChI is InChI=1S/C25H30N4O5/c1-3-33-19-9-4-5-10-20(19)34-22-12-11-18(15-27-22)14-26-21(30)16-29-23(31)25(28-24(29)32)13-7-6-8-17(25)2/h4-5,9-12,15,17H,3,6-8,13-14,16H2,1-2H3,(H,26,30)(H,28,32). The van der Waals surface area contributed by atoms with Gasteiger partial charge in [0.15, 0.2) is 11.5 Å². The molecule has 1 aliphatic carbocycles. The monoisotopic (exact) mass is 466 g/mol. The molecule has 2 N–H and O–H groups in total. The van der Waals surface area contributed by atoms with E-state index in [1.807, 2.05) is 32.0 Å². The van der Waals surface area contributed by atoms with Crippen LogP contribution in [0.1, 0.15) is 45.1 Å². The molecule has 1 spiro atoms. The summed E-state index contributed by atoms with van der Waals surface area (Å²) < 4.78 is 11.4. The predicted octanol–water partition coefficient (Wildman–Crippen LogP) is 3.39. The number of pyridine rings is 1. The molecule has 1 aromatic heterocycles. The molecule has 2 atom stereocenters. The number of ether oxygens (including phenoxy) is 2. The molecule has 1 saturated carbocycles. The van der Waals surface area contributed by atoms with Crippen LogP contribution in [0, 0.1) is 5.92 Å². The van der Waals surface area contributed by atoms with Crippen molar-refractivity contribution in [3.05, 3.63) is 48.2 Å². The number of nitrogens with one attached hydrogen (secondary N) is 2. The molecule has 34 heavy (non-hydrogen) atoms. The van der Waals surface area contributed by atoms with Crippen LogP contribution in [0.3, 0.4) is 0 Å².